The second-order valence-corrected chi connectivity index (χ2v) is 6.76. The molecule has 0 aromatic heterocycles. The fourth-order valence-electron chi connectivity index (χ4n) is 1.63. The van der Waals surface area contributed by atoms with Crippen molar-refractivity contribution < 1.29 is 8.42 Å². The van der Waals surface area contributed by atoms with Gasteiger partial charge in [-0.05, 0) is 25.1 Å². The monoisotopic (exact) mass is 275 g/mol. The molecule has 0 aliphatic rings. The van der Waals surface area contributed by atoms with Crippen LogP contribution in [0.5, 0.6) is 0 Å². The molecule has 0 saturated carbocycles. The maximum absolute atomic E-state index is 12.2. The van der Waals surface area contributed by atoms with Crippen LogP contribution >= 0.6 is 11.6 Å². The number of rotatable bonds is 5. The molecule has 0 amide bonds. The minimum absolute atomic E-state index is 0.0604. The van der Waals surface area contributed by atoms with Gasteiger partial charge in [-0.25, -0.2) is 8.42 Å². The van der Waals surface area contributed by atoms with Gasteiger partial charge in [-0.1, -0.05) is 37.6 Å². The quantitative estimate of drug-likeness (QED) is 0.897. The predicted molar refractivity (Wildman–Crippen MR) is 71.2 cm³/mol. The zero-order valence-electron chi connectivity index (χ0n) is 10.3. The first kappa shape index (κ1) is 14.5. The second-order valence-electron chi connectivity index (χ2n) is 4.35. The van der Waals surface area contributed by atoms with Crippen LogP contribution < -0.4 is 5.32 Å². The Morgan fingerprint density at radius 3 is 2.35 bits per heavy atom. The summed E-state index contributed by atoms with van der Waals surface area (Å²) in [5.74, 6) is 0.308. The molecule has 0 aliphatic carbocycles. The lowest BCUT2D eigenvalue weighted by molar-refractivity contribution is 0.455. The van der Waals surface area contributed by atoms with Gasteiger partial charge < -0.3 is 5.32 Å². The van der Waals surface area contributed by atoms with E-state index in [1.165, 1.54) is 0 Å². The summed E-state index contributed by atoms with van der Waals surface area (Å²) < 4.78 is 24.4. The average molecular weight is 276 g/mol. The van der Waals surface area contributed by atoms with E-state index >= 15 is 0 Å². The van der Waals surface area contributed by atoms with E-state index in [-0.39, 0.29) is 27.6 Å². The summed E-state index contributed by atoms with van der Waals surface area (Å²) in [5.41, 5.74) is 0. The van der Waals surface area contributed by atoms with Crippen molar-refractivity contribution in [2.75, 3.05) is 12.8 Å². The van der Waals surface area contributed by atoms with E-state index in [0.717, 1.165) is 0 Å². The lowest BCUT2D eigenvalue weighted by atomic mass is 10.1. The lowest BCUT2D eigenvalue weighted by Gasteiger charge is -2.20. The van der Waals surface area contributed by atoms with E-state index in [2.05, 4.69) is 5.32 Å². The zero-order valence-corrected chi connectivity index (χ0v) is 11.8. The van der Waals surface area contributed by atoms with Gasteiger partial charge in [-0.3, -0.25) is 0 Å². The highest BCUT2D eigenvalue weighted by Gasteiger charge is 2.24. The molecule has 0 aliphatic heterocycles. The van der Waals surface area contributed by atoms with Crippen LogP contribution in [0, 0.1) is 5.92 Å². The Hall–Kier alpha value is -0.580. The van der Waals surface area contributed by atoms with Crippen LogP contribution in [0.25, 0.3) is 0 Å². The number of hydrogen-bond acceptors (Lipinski definition) is 3. The van der Waals surface area contributed by atoms with Crippen molar-refractivity contribution in [2.24, 2.45) is 5.92 Å². The molecule has 0 spiro atoms. The summed E-state index contributed by atoms with van der Waals surface area (Å²) in [6.45, 7) is 3.98. The predicted octanol–water partition coefficient (Wildman–Crippen LogP) is 2.36. The Labute approximate surface area is 108 Å². The molecule has 1 unspecified atom stereocenters. The Morgan fingerprint density at radius 1 is 1.29 bits per heavy atom. The van der Waals surface area contributed by atoms with Crippen molar-refractivity contribution in [3.63, 3.8) is 0 Å². The van der Waals surface area contributed by atoms with Gasteiger partial charge in [0.15, 0.2) is 9.84 Å². The highest BCUT2D eigenvalue weighted by molar-refractivity contribution is 7.91. The summed E-state index contributed by atoms with van der Waals surface area (Å²) in [5, 5.41) is 3.31. The summed E-state index contributed by atoms with van der Waals surface area (Å²) in [7, 11) is -1.57. The summed E-state index contributed by atoms with van der Waals surface area (Å²) in [6, 6.07) is 6.47. The van der Waals surface area contributed by atoms with Crippen LogP contribution in [0.2, 0.25) is 5.02 Å². The maximum Gasteiger partial charge on any atom is 0.181 e. The second kappa shape index (κ2) is 5.85. The molecular formula is C12H18ClNO2S. The number of benzene rings is 1. The number of hydrogen-bond donors (Lipinski definition) is 1. The standard InChI is InChI=1S/C12H18ClNO2S/c1-9(2)11(14-3)8-17(15,16)12-7-5-4-6-10(12)13/h4-7,9,11,14H,8H2,1-3H3. The van der Waals surface area contributed by atoms with Gasteiger partial charge >= 0.3 is 0 Å². The average Bonchev–Trinajstić information content (AvgIpc) is 2.26. The molecule has 5 heteroatoms. The van der Waals surface area contributed by atoms with Crippen molar-refractivity contribution in [3.05, 3.63) is 29.3 Å². The Bertz CT molecular complexity index is 471. The molecule has 0 fully saturated rings. The largest absolute Gasteiger partial charge is 0.316 e. The van der Waals surface area contributed by atoms with Crippen LogP contribution in [0.4, 0.5) is 0 Å². The zero-order chi connectivity index (χ0) is 13.1. The van der Waals surface area contributed by atoms with Gasteiger partial charge in [0.25, 0.3) is 0 Å². The molecule has 0 radical (unpaired) electrons. The number of nitrogens with one attached hydrogen (secondary N) is 1. The SMILES string of the molecule is CNC(CS(=O)(=O)c1ccccc1Cl)C(C)C. The van der Waals surface area contributed by atoms with E-state index in [0.29, 0.717) is 0 Å². The van der Waals surface area contributed by atoms with E-state index in [4.69, 9.17) is 11.6 Å². The molecule has 17 heavy (non-hydrogen) atoms. The fourth-order valence-corrected chi connectivity index (χ4v) is 3.98. The summed E-state index contributed by atoms with van der Waals surface area (Å²) in [4.78, 5) is 0.211. The maximum atomic E-state index is 12.2. The molecule has 1 aromatic rings. The highest BCUT2D eigenvalue weighted by atomic mass is 35.5. The van der Waals surface area contributed by atoms with Crippen LogP contribution in [-0.4, -0.2) is 27.3 Å². The molecule has 1 rings (SSSR count). The van der Waals surface area contributed by atoms with E-state index < -0.39 is 9.84 Å². The van der Waals surface area contributed by atoms with Gasteiger partial charge in [-0.2, -0.15) is 0 Å². The molecule has 96 valence electrons. The van der Waals surface area contributed by atoms with Gasteiger partial charge in [-0.15, -0.1) is 0 Å². The van der Waals surface area contributed by atoms with Crippen LogP contribution in [0.3, 0.4) is 0 Å². The molecule has 1 atom stereocenters. The lowest BCUT2D eigenvalue weighted by Crippen LogP contribution is -2.37. The van der Waals surface area contributed by atoms with Gasteiger partial charge in [0.1, 0.15) is 0 Å². The van der Waals surface area contributed by atoms with E-state index in [1.54, 1.807) is 31.3 Å². The minimum atomic E-state index is -3.34. The molecule has 0 bridgehead atoms. The van der Waals surface area contributed by atoms with Crippen LogP contribution in [0.1, 0.15) is 13.8 Å². The van der Waals surface area contributed by atoms with Gasteiger partial charge in [0, 0.05) is 6.04 Å². The Balaban J connectivity index is 3.01. The first-order valence-electron chi connectivity index (χ1n) is 5.53. The van der Waals surface area contributed by atoms with Crippen molar-refractivity contribution in [2.45, 2.75) is 24.8 Å². The minimum Gasteiger partial charge on any atom is -0.316 e. The third-order valence-corrected chi connectivity index (χ3v) is 5.01. The fraction of sp³-hybridized carbons (Fsp3) is 0.500. The highest BCUT2D eigenvalue weighted by Crippen LogP contribution is 2.23. The summed E-state index contributed by atoms with van der Waals surface area (Å²) >= 11 is 5.92. The van der Waals surface area contributed by atoms with Crippen molar-refractivity contribution in [3.8, 4) is 0 Å². The third-order valence-electron chi connectivity index (χ3n) is 2.75. The first-order valence-corrected chi connectivity index (χ1v) is 7.56. The van der Waals surface area contributed by atoms with Gasteiger partial charge in [0.05, 0.1) is 15.7 Å². The topological polar surface area (TPSA) is 46.2 Å². The molecule has 1 N–H and O–H groups in total. The Morgan fingerprint density at radius 2 is 1.88 bits per heavy atom. The van der Waals surface area contributed by atoms with Crippen molar-refractivity contribution in [1.29, 1.82) is 0 Å². The Kier molecular flexibility index (Phi) is 4.98. The molecule has 0 saturated heterocycles. The van der Waals surface area contributed by atoms with Gasteiger partial charge in [0.2, 0.25) is 0 Å². The third kappa shape index (κ3) is 3.69. The molecular weight excluding hydrogens is 258 g/mol. The smallest absolute Gasteiger partial charge is 0.181 e. The summed E-state index contributed by atoms with van der Waals surface area (Å²) in [6.07, 6.45) is 0. The van der Waals surface area contributed by atoms with Crippen molar-refractivity contribution in [1.82, 2.24) is 5.32 Å². The molecule has 3 nitrogen and oxygen atoms in total. The van der Waals surface area contributed by atoms with Crippen LogP contribution in [0.15, 0.2) is 29.2 Å². The molecule has 0 heterocycles. The first-order chi connectivity index (χ1) is 7.88. The van der Waals surface area contributed by atoms with E-state index in [9.17, 15) is 8.42 Å². The number of halogens is 1. The van der Waals surface area contributed by atoms with Crippen LogP contribution in [-0.2, 0) is 9.84 Å². The normalized spacial score (nSPS) is 13.9. The number of sulfone groups is 1. The van der Waals surface area contributed by atoms with Crippen molar-refractivity contribution >= 4 is 21.4 Å². The molecule has 1 aromatic carbocycles. The van der Waals surface area contributed by atoms with E-state index in [1.807, 2.05) is 13.8 Å².